The van der Waals surface area contributed by atoms with Crippen LogP contribution in [0, 0.1) is 0 Å². The molecule has 0 radical (unpaired) electrons. The summed E-state index contributed by atoms with van der Waals surface area (Å²) >= 11 is 6.27. The fourth-order valence-electron chi connectivity index (χ4n) is 4.47. The summed E-state index contributed by atoms with van der Waals surface area (Å²) in [4.78, 5) is 27.3. The number of carbonyl (C=O) groups excluding carboxylic acids is 1. The minimum atomic E-state index is -4.75. The Balaban J connectivity index is 1.69. The van der Waals surface area contributed by atoms with Gasteiger partial charge in [-0.15, -0.1) is 0 Å². The van der Waals surface area contributed by atoms with Gasteiger partial charge in [0.1, 0.15) is 0 Å². The van der Waals surface area contributed by atoms with Gasteiger partial charge in [0.2, 0.25) is 0 Å². The fraction of sp³-hybridized carbons (Fsp3) is 0.450. The molecule has 11 heteroatoms. The van der Waals surface area contributed by atoms with Crippen molar-refractivity contribution in [1.29, 1.82) is 0 Å². The lowest BCUT2D eigenvalue weighted by molar-refractivity contribution is -0.141. The fourth-order valence-corrected chi connectivity index (χ4v) is 4.72. The van der Waals surface area contributed by atoms with Gasteiger partial charge in [0, 0.05) is 37.9 Å². The quantitative estimate of drug-likeness (QED) is 0.737. The van der Waals surface area contributed by atoms with E-state index in [1.807, 2.05) is 0 Å². The van der Waals surface area contributed by atoms with Gasteiger partial charge in [0.25, 0.3) is 5.91 Å². The predicted molar refractivity (Wildman–Crippen MR) is 105 cm³/mol. The molecule has 2 aliphatic rings. The zero-order valence-corrected chi connectivity index (χ0v) is 17.4. The Kier molecular flexibility index (Phi) is 5.36. The number of fused-ring (bicyclic) bond motifs is 1. The summed E-state index contributed by atoms with van der Waals surface area (Å²) in [5.41, 5.74) is 0.629. The van der Waals surface area contributed by atoms with Crippen molar-refractivity contribution in [3.05, 3.63) is 51.3 Å². The highest BCUT2D eigenvalue weighted by Gasteiger charge is 2.41. The van der Waals surface area contributed by atoms with Crippen LogP contribution in [-0.2, 0) is 26.2 Å². The van der Waals surface area contributed by atoms with Crippen molar-refractivity contribution in [2.24, 2.45) is 7.05 Å². The first-order valence-electron chi connectivity index (χ1n) is 9.77. The summed E-state index contributed by atoms with van der Waals surface area (Å²) in [5.74, 6) is -0.756. The van der Waals surface area contributed by atoms with Crippen LogP contribution < -0.4 is 0 Å². The van der Waals surface area contributed by atoms with Crippen LogP contribution in [0.4, 0.5) is 18.0 Å². The molecule has 0 aliphatic carbocycles. The second-order valence-corrected chi connectivity index (χ2v) is 8.24. The first-order valence-corrected chi connectivity index (χ1v) is 10.1. The van der Waals surface area contributed by atoms with Crippen LogP contribution in [0.2, 0.25) is 5.02 Å². The molecule has 1 N–H and O–H groups in total. The number of alkyl halides is 3. The Morgan fingerprint density at radius 2 is 2.00 bits per heavy atom. The number of carbonyl (C=O) groups is 2. The lowest BCUT2D eigenvalue weighted by Crippen LogP contribution is -2.38. The normalized spacial score (nSPS) is 18.9. The molecule has 1 atom stereocenters. The molecule has 1 saturated heterocycles. The largest absolute Gasteiger partial charge is 0.465 e. The number of hydrogen-bond donors (Lipinski definition) is 1. The van der Waals surface area contributed by atoms with Gasteiger partial charge in [0.15, 0.2) is 5.69 Å². The van der Waals surface area contributed by atoms with Gasteiger partial charge in [-0.1, -0.05) is 11.6 Å². The molecular weight excluding hydrogens is 437 g/mol. The molecule has 0 spiro atoms. The maximum atomic E-state index is 13.3. The molecule has 4 rings (SSSR count). The second-order valence-electron chi connectivity index (χ2n) is 7.81. The second kappa shape index (κ2) is 7.74. The average molecular weight is 457 g/mol. The van der Waals surface area contributed by atoms with Crippen molar-refractivity contribution in [3.8, 4) is 0 Å². The van der Waals surface area contributed by atoms with E-state index >= 15 is 0 Å². The molecule has 7 nitrogen and oxygen atoms in total. The molecule has 31 heavy (non-hydrogen) atoms. The monoisotopic (exact) mass is 456 g/mol. The molecule has 0 saturated carbocycles. The van der Waals surface area contributed by atoms with Crippen molar-refractivity contribution in [2.45, 2.75) is 38.0 Å². The lowest BCUT2D eigenvalue weighted by atomic mass is 9.90. The van der Waals surface area contributed by atoms with E-state index in [1.165, 1.54) is 16.8 Å². The zero-order valence-electron chi connectivity index (χ0n) is 16.6. The number of halogens is 4. The van der Waals surface area contributed by atoms with Crippen LogP contribution in [0.3, 0.4) is 0 Å². The molecular formula is C20H20ClF3N4O3. The summed E-state index contributed by atoms with van der Waals surface area (Å²) in [6.45, 7) is 0.705. The number of hydrogen-bond acceptors (Lipinski definition) is 3. The number of rotatable bonds is 2. The minimum Gasteiger partial charge on any atom is -0.465 e. The molecule has 166 valence electrons. The van der Waals surface area contributed by atoms with Crippen molar-refractivity contribution in [2.75, 3.05) is 13.1 Å². The van der Waals surface area contributed by atoms with Crippen molar-refractivity contribution >= 4 is 23.6 Å². The third-order valence-electron chi connectivity index (χ3n) is 5.81. The summed E-state index contributed by atoms with van der Waals surface area (Å²) in [6, 6.07) is 3.07. The molecule has 0 bridgehead atoms. The standard InChI is InChI=1S/C20H20ClF3N4O3/c1-26-9-15(17(25-26)20(22,23)24)18(29)27-6-4-11-7-12(21)8-13(14(11)10-27)16-3-2-5-28(16)19(30)31/h7-9,16H,2-6,10H2,1H3,(H,30,31)/t16-/m0/s1. The molecule has 2 aromatic rings. The highest BCUT2D eigenvalue weighted by molar-refractivity contribution is 6.30. The Labute approximate surface area is 181 Å². The maximum Gasteiger partial charge on any atom is 0.435 e. The van der Waals surface area contributed by atoms with Gasteiger partial charge in [0.05, 0.1) is 11.6 Å². The Hall–Kier alpha value is -2.75. The summed E-state index contributed by atoms with van der Waals surface area (Å²) < 4.78 is 41.0. The van der Waals surface area contributed by atoms with E-state index in [2.05, 4.69) is 5.10 Å². The van der Waals surface area contributed by atoms with Crippen LogP contribution in [0.15, 0.2) is 18.3 Å². The van der Waals surface area contributed by atoms with Gasteiger partial charge < -0.3 is 14.9 Å². The van der Waals surface area contributed by atoms with E-state index in [-0.39, 0.29) is 13.1 Å². The number of nitrogens with zero attached hydrogens (tertiary/aromatic N) is 4. The topological polar surface area (TPSA) is 78.7 Å². The maximum absolute atomic E-state index is 13.3. The number of likely N-dealkylation sites (tertiary alicyclic amines) is 1. The van der Waals surface area contributed by atoms with Crippen LogP contribution in [-0.4, -0.2) is 49.8 Å². The molecule has 0 unspecified atom stereocenters. The van der Waals surface area contributed by atoms with Crippen molar-refractivity contribution < 1.29 is 27.9 Å². The van der Waals surface area contributed by atoms with E-state index in [4.69, 9.17) is 11.6 Å². The molecule has 1 aromatic heterocycles. The SMILES string of the molecule is Cn1cc(C(=O)N2CCc3cc(Cl)cc([C@@H]4CCCN4C(=O)O)c3C2)c(C(F)(F)F)n1. The number of aromatic nitrogens is 2. The summed E-state index contributed by atoms with van der Waals surface area (Å²) in [5, 5.41) is 13.4. The summed E-state index contributed by atoms with van der Waals surface area (Å²) in [6.07, 6.45) is -2.97. The minimum absolute atomic E-state index is 0.0802. The van der Waals surface area contributed by atoms with Crippen LogP contribution in [0.25, 0.3) is 0 Å². The van der Waals surface area contributed by atoms with E-state index in [1.54, 1.807) is 12.1 Å². The molecule has 3 heterocycles. The predicted octanol–water partition coefficient (Wildman–Crippen LogP) is 4.11. The highest BCUT2D eigenvalue weighted by Crippen LogP contribution is 2.39. The lowest BCUT2D eigenvalue weighted by Gasteiger charge is -2.33. The van der Waals surface area contributed by atoms with Gasteiger partial charge in [-0.05, 0) is 48.1 Å². The van der Waals surface area contributed by atoms with Gasteiger partial charge >= 0.3 is 12.3 Å². The van der Waals surface area contributed by atoms with E-state index in [9.17, 15) is 27.9 Å². The first kappa shape index (κ1) is 21.5. The molecule has 2 amide bonds. The number of aryl methyl sites for hydroxylation is 1. The van der Waals surface area contributed by atoms with Crippen LogP contribution in [0.1, 0.15) is 51.6 Å². The zero-order chi connectivity index (χ0) is 22.5. The average Bonchev–Trinajstić information content (AvgIpc) is 3.33. The van der Waals surface area contributed by atoms with Crippen LogP contribution in [0.5, 0.6) is 0 Å². The molecule has 1 fully saturated rings. The van der Waals surface area contributed by atoms with E-state index in [0.717, 1.165) is 22.0 Å². The number of amides is 2. The smallest absolute Gasteiger partial charge is 0.435 e. The first-order chi connectivity index (χ1) is 14.6. The Morgan fingerprint density at radius 1 is 1.26 bits per heavy atom. The Morgan fingerprint density at radius 3 is 2.68 bits per heavy atom. The number of benzene rings is 1. The van der Waals surface area contributed by atoms with E-state index in [0.29, 0.717) is 36.4 Å². The third-order valence-corrected chi connectivity index (χ3v) is 6.03. The summed E-state index contributed by atoms with van der Waals surface area (Å²) in [7, 11) is 1.33. The van der Waals surface area contributed by atoms with Crippen molar-refractivity contribution in [1.82, 2.24) is 19.6 Å². The molecule has 1 aromatic carbocycles. The Bertz CT molecular complexity index is 1050. The van der Waals surface area contributed by atoms with Crippen LogP contribution >= 0.6 is 11.6 Å². The van der Waals surface area contributed by atoms with E-state index < -0.39 is 35.5 Å². The van der Waals surface area contributed by atoms with Gasteiger partial charge in [-0.2, -0.15) is 18.3 Å². The highest BCUT2D eigenvalue weighted by atomic mass is 35.5. The van der Waals surface area contributed by atoms with Gasteiger partial charge in [-0.3, -0.25) is 9.48 Å². The number of carboxylic acid groups (broad SMARTS) is 1. The molecule has 2 aliphatic heterocycles. The van der Waals surface area contributed by atoms with Gasteiger partial charge in [-0.25, -0.2) is 4.79 Å². The third kappa shape index (κ3) is 3.96. The van der Waals surface area contributed by atoms with Crippen molar-refractivity contribution in [3.63, 3.8) is 0 Å².